The monoisotopic (exact) mass is 474 g/mol. The summed E-state index contributed by atoms with van der Waals surface area (Å²) in [5.74, 6) is 1.33. The van der Waals surface area contributed by atoms with Gasteiger partial charge in [-0.1, -0.05) is 34.3 Å². The van der Waals surface area contributed by atoms with Gasteiger partial charge in [-0.3, -0.25) is 14.7 Å². The van der Waals surface area contributed by atoms with Gasteiger partial charge in [0, 0.05) is 29.1 Å². The molecule has 0 spiro atoms. The topological polar surface area (TPSA) is 112 Å². The molecule has 8 heteroatoms. The van der Waals surface area contributed by atoms with Gasteiger partial charge in [-0.25, -0.2) is 4.98 Å². The highest BCUT2D eigenvalue weighted by atomic mass is 16.2. The number of hydrogen-bond donors (Lipinski definition) is 4. The lowest BCUT2D eigenvalue weighted by Gasteiger charge is -2.44. The highest BCUT2D eigenvalue weighted by molar-refractivity contribution is 5.96. The van der Waals surface area contributed by atoms with Gasteiger partial charge in [0.15, 0.2) is 5.82 Å². The van der Waals surface area contributed by atoms with Crippen LogP contribution in [0.4, 0.5) is 11.6 Å². The standard InChI is InChI=1S/C27H34N6O2/c1-8-25(34)30-22-13-20(18-12-19(22)15(18)3)21-10-17(26(35)28-16(4)27(5,6)7)11-23(29-21)31-24-9-14(2)32-33-24/h8-11,13,15-16,18H,1,12H2,2-7H3,(H,28,35)(H,30,34)(H2,29,31,32,33)/t15-,16?,18?/m0/s1. The van der Waals surface area contributed by atoms with Gasteiger partial charge in [0.05, 0.1) is 5.69 Å². The first-order valence-electron chi connectivity index (χ1n) is 12.0. The van der Waals surface area contributed by atoms with Gasteiger partial charge < -0.3 is 16.0 Å². The van der Waals surface area contributed by atoms with E-state index in [9.17, 15) is 9.59 Å². The van der Waals surface area contributed by atoms with Crippen LogP contribution < -0.4 is 16.0 Å². The molecule has 2 aromatic rings. The van der Waals surface area contributed by atoms with Crippen molar-refractivity contribution in [1.29, 1.82) is 0 Å². The summed E-state index contributed by atoms with van der Waals surface area (Å²) >= 11 is 0. The first kappa shape index (κ1) is 24.4. The molecule has 2 heterocycles. The zero-order valence-corrected chi connectivity index (χ0v) is 21.2. The summed E-state index contributed by atoms with van der Waals surface area (Å²) in [5, 5.41) is 16.4. The van der Waals surface area contributed by atoms with Gasteiger partial charge >= 0.3 is 0 Å². The second-order valence-corrected chi connectivity index (χ2v) is 10.6. The molecule has 5 rings (SSSR count). The van der Waals surface area contributed by atoms with E-state index in [0.717, 1.165) is 23.4 Å². The Bertz CT molecular complexity index is 1250. The first-order chi connectivity index (χ1) is 16.5. The number of hydrogen-bond acceptors (Lipinski definition) is 5. The van der Waals surface area contributed by atoms with Crippen molar-refractivity contribution >= 4 is 29.0 Å². The van der Waals surface area contributed by atoms with Crippen molar-refractivity contribution in [2.24, 2.45) is 17.3 Å². The maximum absolute atomic E-state index is 13.3. The summed E-state index contributed by atoms with van der Waals surface area (Å²) in [6.07, 6.45) is 4.11. The molecule has 184 valence electrons. The molecule has 2 amide bonds. The number of anilines is 2. The van der Waals surface area contributed by atoms with Crippen LogP contribution in [-0.4, -0.2) is 33.0 Å². The van der Waals surface area contributed by atoms with Crippen molar-refractivity contribution in [2.75, 3.05) is 5.32 Å². The molecule has 2 bridgehead atoms. The summed E-state index contributed by atoms with van der Waals surface area (Å²) in [7, 11) is 0. The van der Waals surface area contributed by atoms with Gasteiger partial charge in [0.25, 0.3) is 5.91 Å². The van der Waals surface area contributed by atoms with E-state index in [1.165, 1.54) is 11.6 Å². The number of H-pyrrole nitrogens is 1. The smallest absolute Gasteiger partial charge is 0.251 e. The number of carbonyl (C=O) groups is 2. The number of pyridine rings is 1. The molecule has 0 radical (unpaired) electrons. The van der Waals surface area contributed by atoms with E-state index in [4.69, 9.17) is 4.98 Å². The summed E-state index contributed by atoms with van der Waals surface area (Å²) in [6.45, 7) is 15.9. The molecule has 2 unspecified atom stereocenters. The minimum atomic E-state index is -0.242. The Balaban J connectivity index is 1.73. The summed E-state index contributed by atoms with van der Waals surface area (Å²) in [6, 6.07) is 5.43. The second-order valence-electron chi connectivity index (χ2n) is 10.6. The van der Waals surface area contributed by atoms with Crippen molar-refractivity contribution < 1.29 is 9.59 Å². The average molecular weight is 475 g/mol. The van der Waals surface area contributed by atoms with Crippen LogP contribution in [0.15, 0.2) is 48.2 Å². The summed E-state index contributed by atoms with van der Waals surface area (Å²) in [4.78, 5) is 30.1. The molecule has 0 aliphatic heterocycles. The molecule has 8 nitrogen and oxygen atoms in total. The minimum absolute atomic E-state index is 0.0243. The predicted octanol–water partition coefficient (Wildman–Crippen LogP) is 4.63. The van der Waals surface area contributed by atoms with Crippen molar-refractivity contribution in [2.45, 2.75) is 54.0 Å². The summed E-state index contributed by atoms with van der Waals surface area (Å²) in [5.41, 5.74) is 5.09. The molecule has 4 N–H and O–H groups in total. The van der Waals surface area contributed by atoms with Gasteiger partial charge in [-0.2, -0.15) is 5.10 Å². The molecule has 3 aliphatic rings. The number of aromatic nitrogens is 3. The van der Waals surface area contributed by atoms with Crippen molar-refractivity contribution in [3.63, 3.8) is 0 Å². The molecule has 1 saturated carbocycles. The van der Waals surface area contributed by atoms with Crippen LogP contribution in [0.1, 0.15) is 62.8 Å². The Hall–Kier alpha value is -3.68. The van der Waals surface area contributed by atoms with E-state index in [-0.39, 0.29) is 29.2 Å². The van der Waals surface area contributed by atoms with Crippen LogP contribution in [0.5, 0.6) is 0 Å². The molecule has 35 heavy (non-hydrogen) atoms. The molecular weight excluding hydrogens is 440 g/mol. The Morgan fingerprint density at radius 2 is 1.97 bits per heavy atom. The number of nitrogens with zero attached hydrogens (tertiary/aromatic N) is 2. The third-order valence-electron chi connectivity index (χ3n) is 7.07. The predicted molar refractivity (Wildman–Crippen MR) is 138 cm³/mol. The molecule has 0 aromatic carbocycles. The Kier molecular flexibility index (Phi) is 6.40. The number of rotatable bonds is 7. The zero-order valence-electron chi connectivity index (χ0n) is 21.2. The number of carbonyl (C=O) groups excluding carboxylic acids is 2. The third-order valence-corrected chi connectivity index (χ3v) is 7.07. The molecule has 1 fully saturated rings. The Morgan fingerprint density at radius 3 is 2.57 bits per heavy atom. The number of amides is 2. The Labute approximate surface area is 206 Å². The fraction of sp³-hybridized carbons (Fsp3) is 0.407. The molecule has 0 saturated heterocycles. The molecule has 2 aromatic heterocycles. The fourth-order valence-corrected chi connectivity index (χ4v) is 4.32. The quantitative estimate of drug-likeness (QED) is 0.437. The van der Waals surface area contributed by atoms with E-state index < -0.39 is 0 Å². The van der Waals surface area contributed by atoms with E-state index in [2.05, 4.69) is 60.4 Å². The van der Waals surface area contributed by atoms with Crippen molar-refractivity contribution in [1.82, 2.24) is 25.8 Å². The van der Waals surface area contributed by atoms with Gasteiger partial charge in [-0.05, 0) is 73.0 Å². The minimum Gasteiger partial charge on any atom is -0.349 e. The number of fused-ring (bicyclic) bond motifs is 1. The van der Waals surface area contributed by atoms with E-state index in [1.807, 2.05) is 32.1 Å². The zero-order chi connectivity index (χ0) is 25.5. The van der Waals surface area contributed by atoms with Crippen LogP contribution in [-0.2, 0) is 4.79 Å². The van der Waals surface area contributed by atoms with Crippen LogP contribution in [0.3, 0.4) is 0 Å². The maximum atomic E-state index is 13.3. The van der Waals surface area contributed by atoms with Crippen LogP contribution in [0.25, 0.3) is 5.57 Å². The molecule has 3 aliphatic carbocycles. The number of nitrogens with one attached hydrogen (secondary N) is 4. The highest BCUT2D eigenvalue weighted by Crippen LogP contribution is 2.52. The highest BCUT2D eigenvalue weighted by Gasteiger charge is 2.41. The van der Waals surface area contributed by atoms with Crippen LogP contribution >= 0.6 is 0 Å². The number of aryl methyl sites for hydroxylation is 1. The lowest BCUT2D eigenvalue weighted by Crippen LogP contribution is -2.41. The lowest BCUT2D eigenvalue weighted by molar-refractivity contribution is -0.115. The van der Waals surface area contributed by atoms with Crippen molar-refractivity contribution in [3.8, 4) is 0 Å². The maximum Gasteiger partial charge on any atom is 0.251 e. The largest absolute Gasteiger partial charge is 0.349 e. The normalized spacial score (nSPS) is 19.9. The number of aromatic amines is 1. The molecule has 3 atom stereocenters. The van der Waals surface area contributed by atoms with Gasteiger partial charge in [-0.15, -0.1) is 0 Å². The fourth-order valence-electron chi connectivity index (χ4n) is 4.32. The second kappa shape index (κ2) is 9.17. The van der Waals surface area contributed by atoms with Crippen molar-refractivity contribution in [3.05, 3.63) is 65.2 Å². The van der Waals surface area contributed by atoms with Gasteiger partial charge in [0.1, 0.15) is 5.82 Å². The summed E-state index contributed by atoms with van der Waals surface area (Å²) < 4.78 is 0. The third kappa shape index (κ3) is 5.06. The van der Waals surface area contributed by atoms with Gasteiger partial charge in [0.2, 0.25) is 5.91 Å². The van der Waals surface area contributed by atoms with E-state index >= 15 is 0 Å². The lowest BCUT2D eigenvalue weighted by atomic mass is 9.62. The van der Waals surface area contributed by atoms with E-state index in [0.29, 0.717) is 28.8 Å². The molecular formula is C27H34N6O2. The van der Waals surface area contributed by atoms with Crippen LogP contribution in [0, 0.1) is 24.2 Å². The average Bonchev–Trinajstić information content (AvgIpc) is 3.21. The van der Waals surface area contributed by atoms with E-state index in [1.54, 1.807) is 6.07 Å². The SMILES string of the molecule is C=CC(=O)NC1=C2CC(C(c3cc(C(=O)NC(C)C(C)(C)C)cc(Nc4cc(C)[nH]n4)n3)=C1)[C@@H]2C. The Morgan fingerprint density at radius 1 is 1.23 bits per heavy atom. The van der Waals surface area contributed by atoms with Crippen LogP contribution in [0.2, 0.25) is 0 Å². The number of allylic oxidation sites excluding steroid dienone is 3. The first-order valence-corrected chi connectivity index (χ1v) is 12.0.